The first-order chi connectivity index (χ1) is 8.72. The van der Waals surface area contributed by atoms with Crippen LogP contribution in [0.15, 0.2) is 0 Å². The average Bonchev–Trinajstić information content (AvgIpc) is 2.99. The lowest BCUT2D eigenvalue weighted by Crippen LogP contribution is -2.56. The summed E-state index contributed by atoms with van der Waals surface area (Å²) < 4.78 is 19.5. The number of likely N-dealkylation sites (tertiary alicyclic amines) is 1. The van der Waals surface area contributed by atoms with Crippen molar-refractivity contribution < 1.29 is 9.13 Å². The molecule has 2 aliphatic heterocycles. The number of rotatable bonds is 2. The van der Waals surface area contributed by atoms with Crippen molar-refractivity contribution in [3.8, 4) is 0 Å². The molecule has 0 aromatic carbocycles. The van der Waals surface area contributed by atoms with E-state index in [-0.39, 0.29) is 5.60 Å². The highest BCUT2D eigenvalue weighted by Crippen LogP contribution is 2.41. The number of likely N-dealkylation sites (N-methyl/N-ethyl adjacent to an activating group) is 1. The van der Waals surface area contributed by atoms with Gasteiger partial charge in [0.25, 0.3) is 0 Å². The Morgan fingerprint density at radius 1 is 1.33 bits per heavy atom. The van der Waals surface area contributed by atoms with E-state index >= 15 is 0 Å². The molecule has 3 rings (SSSR count). The van der Waals surface area contributed by atoms with Crippen LogP contribution in [0.2, 0.25) is 0 Å². The molecular weight excluding hydrogens is 231 g/mol. The topological polar surface area (TPSA) is 24.5 Å². The predicted molar refractivity (Wildman–Crippen MR) is 69.5 cm³/mol. The maximum atomic E-state index is 13.4. The fraction of sp³-hybridized carbons (Fsp3) is 1.00. The van der Waals surface area contributed by atoms with Crippen LogP contribution in [-0.2, 0) is 4.74 Å². The van der Waals surface area contributed by atoms with Crippen LogP contribution in [0.5, 0.6) is 0 Å². The molecule has 18 heavy (non-hydrogen) atoms. The first-order valence-electron chi connectivity index (χ1n) is 7.42. The Morgan fingerprint density at radius 3 is 2.83 bits per heavy atom. The van der Waals surface area contributed by atoms with Gasteiger partial charge in [-0.1, -0.05) is 0 Å². The van der Waals surface area contributed by atoms with Gasteiger partial charge in [0.2, 0.25) is 0 Å². The molecule has 104 valence electrons. The molecule has 1 saturated carbocycles. The zero-order valence-corrected chi connectivity index (χ0v) is 11.3. The summed E-state index contributed by atoms with van der Waals surface area (Å²) in [4.78, 5) is 2.36. The molecule has 1 aliphatic carbocycles. The molecule has 2 saturated heterocycles. The van der Waals surface area contributed by atoms with Crippen LogP contribution >= 0.6 is 0 Å². The van der Waals surface area contributed by atoms with Crippen LogP contribution in [0.4, 0.5) is 4.39 Å². The van der Waals surface area contributed by atoms with Gasteiger partial charge in [0.1, 0.15) is 6.17 Å². The minimum Gasteiger partial charge on any atom is -0.375 e. The van der Waals surface area contributed by atoms with E-state index in [0.29, 0.717) is 25.0 Å². The Labute approximate surface area is 109 Å². The van der Waals surface area contributed by atoms with Crippen LogP contribution in [0.25, 0.3) is 0 Å². The van der Waals surface area contributed by atoms with E-state index in [2.05, 4.69) is 10.2 Å². The molecule has 2 heterocycles. The first kappa shape index (κ1) is 12.8. The van der Waals surface area contributed by atoms with Crippen molar-refractivity contribution in [2.75, 3.05) is 26.7 Å². The number of nitrogens with one attached hydrogen (secondary N) is 1. The minimum atomic E-state index is -0.620. The van der Waals surface area contributed by atoms with Crippen LogP contribution in [0, 0.1) is 0 Å². The summed E-state index contributed by atoms with van der Waals surface area (Å²) in [5.41, 5.74) is 0.117. The molecule has 1 spiro atoms. The maximum absolute atomic E-state index is 13.4. The van der Waals surface area contributed by atoms with Crippen LogP contribution < -0.4 is 5.32 Å². The second kappa shape index (κ2) is 5.06. The molecule has 0 aromatic heterocycles. The van der Waals surface area contributed by atoms with Gasteiger partial charge in [-0.25, -0.2) is 4.39 Å². The van der Waals surface area contributed by atoms with Crippen molar-refractivity contribution in [1.29, 1.82) is 0 Å². The normalized spacial score (nSPS) is 46.0. The van der Waals surface area contributed by atoms with Crippen molar-refractivity contribution in [2.24, 2.45) is 0 Å². The van der Waals surface area contributed by atoms with Gasteiger partial charge in [-0.05, 0) is 45.6 Å². The number of alkyl halides is 1. The van der Waals surface area contributed by atoms with Gasteiger partial charge >= 0.3 is 0 Å². The molecule has 3 aliphatic rings. The van der Waals surface area contributed by atoms with Crippen molar-refractivity contribution in [3.63, 3.8) is 0 Å². The summed E-state index contributed by atoms with van der Waals surface area (Å²) in [6, 6.07) is 0.965. The van der Waals surface area contributed by atoms with Gasteiger partial charge in [-0.2, -0.15) is 0 Å². The summed E-state index contributed by atoms with van der Waals surface area (Å²) in [5.74, 6) is 0. The third-order valence-corrected chi connectivity index (χ3v) is 5.14. The highest BCUT2D eigenvalue weighted by atomic mass is 19.1. The molecular formula is C14H25FN2O. The largest absolute Gasteiger partial charge is 0.375 e. The fourth-order valence-electron chi connectivity index (χ4n) is 4.11. The predicted octanol–water partition coefficient (Wildman–Crippen LogP) is 1.72. The summed E-state index contributed by atoms with van der Waals surface area (Å²) in [6.07, 6.45) is 5.91. The number of nitrogens with zero attached hydrogens (tertiary/aromatic N) is 1. The van der Waals surface area contributed by atoms with Gasteiger partial charge in [-0.3, -0.25) is 4.90 Å². The lowest BCUT2D eigenvalue weighted by atomic mass is 9.77. The van der Waals surface area contributed by atoms with Gasteiger partial charge in [0, 0.05) is 31.8 Å². The van der Waals surface area contributed by atoms with Crippen molar-refractivity contribution >= 4 is 0 Å². The van der Waals surface area contributed by atoms with E-state index in [1.807, 2.05) is 7.05 Å². The molecule has 0 amide bonds. The Balaban J connectivity index is 1.71. The van der Waals surface area contributed by atoms with E-state index in [0.717, 1.165) is 26.0 Å². The summed E-state index contributed by atoms with van der Waals surface area (Å²) in [7, 11) is 2.04. The van der Waals surface area contributed by atoms with Crippen LogP contribution in [0.3, 0.4) is 0 Å². The summed E-state index contributed by atoms with van der Waals surface area (Å²) in [5, 5.41) is 3.43. The molecule has 0 bridgehead atoms. The Kier molecular flexibility index (Phi) is 3.61. The second-order valence-electron chi connectivity index (χ2n) is 6.22. The Bertz CT molecular complexity index is 294. The van der Waals surface area contributed by atoms with E-state index < -0.39 is 6.17 Å². The lowest BCUT2D eigenvalue weighted by molar-refractivity contribution is -0.0573. The zero-order valence-electron chi connectivity index (χ0n) is 11.3. The lowest BCUT2D eigenvalue weighted by Gasteiger charge is -2.45. The third-order valence-electron chi connectivity index (χ3n) is 5.14. The quantitative estimate of drug-likeness (QED) is 0.814. The third kappa shape index (κ3) is 2.30. The standard InChI is InChI=1S/C14H25FN2O/c1-16-12-3-6-14(5-2-8-18-14)9-13(12)17-7-4-11(15)10-17/h11-13,16H,2-10H2,1H3/t11-,12+,13+,14+/m0/s1. The van der Waals surface area contributed by atoms with E-state index in [1.54, 1.807) is 0 Å². The van der Waals surface area contributed by atoms with Crippen molar-refractivity contribution in [1.82, 2.24) is 10.2 Å². The van der Waals surface area contributed by atoms with E-state index in [9.17, 15) is 4.39 Å². The monoisotopic (exact) mass is 256 g/mol. The fourth-order valence-corrected chi connectivity index (χ4v) is 4.11. The minimum absolute atomic E-state index is 0.117. The second-order valence-corrected chi connectivity index (χ2v) is 6.22. The van der Waals surface area contributed by atoms with Crippen LogP contribution in [0.1, 0.15) is 38.5 Å². The Hall–Kier alpha value is -0.190. The molecule has 0 radical (unpaired) electrons. The smallest absolute Gasteiger partial charge is 0.114 e. The van der Waals surface area contributed by atoms with E-state index in [1.165, 1.54) is 19.3 Å². The van der Waals surface area contributed by atoms with Gasteiger partial charge in [-0.15, -0.1) is 0 Å². The van der Waals surface area contributed by atoms with E-state index in [4.69, 9.17) is 4.74 Å². The molecule has 0 aromatic rings. The number of ether oxygens (including phenoxy) is 1. The van der Waals surface area contributed by atoms with Gasteiger partial charge < -0.3 is 10.1 Å². The summed E-state index contributed by atoms with van der Waals surface area (Å²) in [6.45, 7) is 2.46. The highest BCUT2D eigenvalue weighted by molar-refractivity contribution is 5.01. The van der Waals surface area contributed by atoms with Crippen LogP contribution in [-0.4, -0.2) is 55.5 Å². The zero-order chi connectivity index (χ0) is 12.6. The SMILES string of the molecule is CN[C@@H]1CC[C@]2(CCCO2)C[C@H]1N1CC[C@H](F)C1. The summed E-state index contributed by atoms with van der Waals surface area (Å²) >= 11 is 0. The van der Waals surface area contributed by atoms with Crippen molar-refractivity contribution in [3.05, 3.63) is 0 Å². The Morgan fingerprint density at radius 2 is 2.22 bits per heavy atom. The number of halogens is 1. The molecule has 0 unspecified atom stereocenters. The van der Waals surface area contributed by atoms with Gasteiger partial charge in [0.15, 0.2) is 0 Å². The van der Waals surface area contributed by atoms with Gasteiger partial charge in [0.05, 0.1) is 5.60 Å². The molecule has 1 N–H and O–H groups in total. The molecule has 3 fully saturated rings. The molecule has 4 atom stereocenters. The highest BCUT2D eigenvalue weighted by Gasteiger charge is 2.46. The molecule has 4 heteroatoms. The number of hydrogen-bond acceptors (Lipinski definition) is 3. The molecule has 3 nitrogen and oxygen atoms in total. The van der Waals surface area contributed by atoms with Crippen molar-refractivity contribution in [2.45, 2.75) is 62.4 Å². The first-order valence-corrected chi connectivity index (χ1v) is 7.42. The average molecular weight is 256 g/mol. The number of hydrogen-bond donors (Lipinski definition) is 1. The maximum Gasteiger partial charge on any atom is 0.114 e.